The van der Waals surface area contributed by atoms with Gasteiger partial charge in [-0.3, -0.25) is 0 Å². The van der Waals surface area contributed by atoms with E-state index in [1.807, 2.05) is 18.2 Å². The van der Waals surface area contributed by atoms with Crippen LogP contribution >= 0.6 is 0 Å². The number of hydrogen-bond acceptors (Lipinski definition) is 5. The third kappa shape index (κ3) is 4.80. The van der Waals surface area contributed by atoms with Gasteiger partial charge in [-0.15, -0.1) is 0 Å². The zero-order chi connectivity index (χ0) is 22.1. The van der Waals surface area contributed by atoms with Crippen LogP contribution in [0.2, 0.25) is 13.1 Å². The van der Waals surface area contributed by atoms with Crippen LogP contribution in [0.25, 0.3) is 0 Å². The Bertz CT molecular complexity index is 995. The predicted molar refractivity (Wildman–Crippen MR) is 121 cm³/mol. The summed E-state index contributed by atoms with van der Waals surface area (Å²) < 4.78 is 38.5. The van der Waals surface area contributed by atoms with Gasteiger partial charge in [0, 0.05) is 6.54 Å². The summed E-state index contributed by atoms with van der Waals surface area (Å²) in [7, 11) is -3.09. The number of hydrogen-bond donors (Lipinski definition) is 1. The van der Waals surface area contributed by atoms with Crippen LogP contribution in [0.1, 0.15) is 43.6 Å². The highest BCUT2D eigenvalue weighted by Crippen LogP contribution is 2.38. The molecule has 0 fully saturated rings. The van der Waals surface area contributed by atoms with E-state index in [0.717, 1.165) is 29.7 Å². The number of benzene rings is 2. The average Bonchev–Trinajstić information content (AvgIpc) is 2.70. The Labute approximate surface area is 182 Å². The summed E-state index contributed by atoms with van der Waals surface area (Å²) in [6.07, 6.45) is 0.787. The molecule has 3 rings (SSSR count). The molecule has 30 heavy (non-hydrogen) atoms. The lowest BCUT2D eigenvalue weighted by molar-refractivity contribution is 0.0865. The smallest absolute Gasteiger partial charge is 0.210 e. The van der Waals surface area contributed by atoms with Crippen molar-refractivity contribution in [3.63, 3.8) is 0 Å². The van der Waals surface area contributed by atoms with E-state index in [-0.39, 0.29) is 21.3 Å². The van der Waals surface area contributed by atoms with Crippen molar-refractivity contribution in [2.45, 2.75) is 62.7 Å². The number of methoxy groups -OCH3 is 1. The van der Waals surface area contributed by atoms with Gasteiger partial charge in [-0.25, -0.2) is 8.42 Å². The highest BCUT2D eigenvalue weighted by atomic mass is 32.2. The average molecular weight is 447 g/mol. The van der Waals surface area contributed by atoms with Crippen LogP contribution in [0.5, 0.6) is 5.75 Å². The topological polar surface area (TPSA) is 64.6 Å². The molecule has 0 spiro atoms. The zero-order valence-corrected chi connectivity index (χ0v) is 20.5. The molecule has 2 aromatic carbocycles. The Morgan fingerprint density at radius 3 is 2.30 bits per heavy atom. The van der Waals surface area contributed by atoms with E-state index in [4.69, 9.17) is 9.16 Å². The second-order valence-electron chi connectivity index (χ2n) is 9.04. The van der Waals surface area contributed by atoms with Crippen molar-refractivity contribution in [1.29, 1.82) is 0 Å². The molecule has 1 unspecified atom stereocenters. The summed E-state index contributed by atoms with van der Waals surface area (Å²) in [6, 6.07) is 10.7. The van der Waals surface area contributed by atoms with Crippen molar-refractivity contribution in [3.8, 4) is 5.75 Å². The molecule has 2 aromatic rings. The Kier molecular flexibility index (Phi) is 6.77. The van der Waals surface area contributed by atoms with Crippen LogP contribution in [-0.4, -0.2) is 31.1 Å². The van der Waals surface area contributed by atoms with E-state index < -0.39 is 18.9 Å². The Balaban J connectivity index is 2.00. The van der Waals surface area contributed by atoms with E-state index in [9.17, 15) is 8.42 Å². The van der Waals surface area contributed by atoms with Gasteiger partial charge in [0.05, 0.1) is 18.1 Å². The molecule has 7 heteroatoms. The summed E-state index contributed by atoms with van der Waals surface area (Å²) in [5, 5.41) is 3.30. The van der Waals surface area contributed by atoms with Crippen molar-refractivity contribution in [2.24, 2.45) is 5.41 Å². The fourth-order valence-electron chi connectivity index (χ4n) is 3.79. The number of ether oxygens (including phenoxy) is 1. The largest absolute Gasteiger partial charge is 0.495 e. The number of nitrogens with one attached hydrogen (secondary N) is 1. The van der Waals surface area contributed by atoms with E-state index in [1.54, 1.807) is 18.2 Å². The normalized spacial score (nSPS) is 15.7. The zero-order valence-electron chi connectivity index (χ0n) is 18.7. The van der Waals surface area contributed by atoms with Crippen molar-refractivity contribution in [1.82, 2.24) is 5.32 Å². The van der Waals surface area contributed by atoms with Crippen molar-refractivity contribution < 1.29 is 17.6 Å². The van der Waals surface area contributed by atoms with Gasteiger partial charge < -0.3 is 14.5 Å². The van der Waals surface area contributed by atoms with Gasteiger partial charge in [-0.05, 0) is 72.4 Å². The minimum atomic E-state index is -3.70. The molecule has 0 aromatic heterocycles. The quantitative estimate of drug-likeness (QED) is 0.661. The lowest BCUT2D eigenvalue weighted by Gasteiger charge is -2.33. The van der Waals surface area contributed by atoms with Crippen molar-refractivity contribution in [2.75, 3.05) is 13.7 Å². The molecule has 1 radical (unpaired) electrons. The fourth-order valence-corrected chi connectivity index (χ4v) is 6.20. The maximum Gasteiger partial charge on any atom is 0.210 e. The Morgan fingerprint density at radius 1 is 1.07 bits per heavy atom. The maximum atomic E-state index is 13.4. The fraction of sp³-hybridized carbons (Fsp3) is 0.478. The SMILES string of the molecule is COc1cc2c(cc1S(=O)(=O)c1ccc(C(O[Si](C)C)C(C)(C)C)cc1)CNCC2. The minimum Gasteiger partial charge on any atom is -0.495 e. The molecular formula is C23H32NO4SSi. The van der Waals surface area contributed by atoms with Gasteiger partial charge in [0.1, 0.15) is 10.6 Å². The molecule has 1 aliphatic heterocycles. The van der Waals surface area contributed by atoms with Gasteiger partial charge in [-0.1, -0.05) is 32.9 Å². The van der Waals surface area contributed by atoms with Crippen LogP contribution in [-0.2, 0) is 27.2 Å². The highest BCUT2D eigenvalue weighted by molar-refractivity contribution is 7.91. The number of sulfone groups is 1. The lowest BCUT2D eigenvalue weighted by atomic mass is 9.85. The molecule has 0 bridgehead atoms. The summed E-state index contributed by atoms with van der Waals surface area (Å²) >= 11 is 0. The van der Waals surface area contributed by atoms with Crippen LogP contribution in [0.3, 0.4) is 0 Å². The van der Waals surface area contributed by atoms with Gasteiger partial charge in [0.25, 0.3) is 0 Å². The molecule has 1 N–H and O–H groups in total. The van der Waals surface area contributed by atoms with E-state index >= 15 is 0 Å². The van der Waals surface area contributed by atoms with Gasteiger partial charge >= 0.3 is 0 Å². The number of rotatable bonds is 6. The second-order valence-corrected chi connectivity index (χ2v) is 13.0. The maximum absolute atomic E-state index is 13.4. The predicted octanol–water partition coefficient (Wildman–Crippen LogP) is 4.53. The third-order valence-corrected chi connectivity index (χ3v) is 7.79. The Morgan fingerprint density at radius 2 is 1.73 bits per heavy atom. The molecule has 1 atom stereocenters. The molecule has 0 aliphatic carbocycles. The summed E-state index contributed by atoms with van der Waals surface area (Å²) in [4.78, 5) is 0.482. The first-order valence-electron chi connectivity index (χ1n) is 10.3. The van der Waals surface area contributed by atoms with E-state index in [2.05, 4.69) is 39.2 Å². The summed E-state index contributed by atoms with van der Waals surface area (Å²) in [6.45, 7) is 12.2. The molecule has 1 heterocycles. The monoisotopic (exact) mass is 446 g/mol. The Hall–Kier alpha value is -1.67. The molecule has 0 amide bonds. The van der Waals surface area contributed by atoms with E-state index in [0.29, 0.717) is 12.3 Å². The molecule has 163 valence electrons. The van der Waals surface area contributed by atoms with Gasteiger partial charge in [0.2, 0.25) is 18.9 Å². The van der Waals surface area contributed by atoms with Crippen LogP contribution in [0.4, 0.5) is 0 Å². The summed E-state index contributed by atoms with van der Waals surface area (Å²) in [5.74, 6) is 0.403. The van der Waals surface area contributed by atoms with Gasteiger partial charge in [0.15, 0.2) is 0 Å². The first kappa shape index (κ1) is 23.0. The first-order chi connectivity index (χ1) is 14.0. The minimum absolute atomic E-state index is 0.0810. The molecule has 0 saturated heterocycles. The standard InChI is InChI=1S/C23H32NO4SSi/c1-23(2,3)22(28-30(5)6)16-7-9-19(10-8-16)29(25,26)21-14-18-15-24-12-11-17(18)13-20(21)27-4/h7-10,13-14,22,24H,11-12,15H2,1-6H3. The van der Waals surface area contributed by atoms with Gasteiger partial charge in [-0.2, -0.15) is 0 Å². The third-order valence-electron chi connectivity index (χ3n) is 5.30. The molecule has 0 saturated carbocycles. The summed E-state index contributed by atoms with van der Waals surface area (Å²) in [5.41, 5.74) is 3.06. The highest BCUT2D eigenvalue weighted by Gasteiger charge is 2.29. The van der Waals surface area contributed by atoms with Crippen molar-refractivity contribution >= 4 is 18.9 Å². The first-order valence-corrected chi connectivity index (χ1v) is 14.2. The van der Waals surface area contributed by atoms with Crippen molar-refractivity contribution in [3.05, 3.63) is 53.1 Å². The van der Waals surface area contributed by atoms with E-state index in [1.165, 1.54) is 7.11 Å². The molecule has 1 aliphatic rings. The van der Waals surface area contributed by atoms with Crippen LogP contribution in [0, 0.1) is 5.41 Å². The molecule has 5 nitrogen and oxygen atoms in total. The lowest BCUT2D eigenvalue weighted by Crippen LogP contribution is -2.26. The second kappa shape index (κ2) is 8.83. The van der Waals surface area contributed by atoms with Crippen LogP contribution < -0.4 is 10.1 Å². The van der Waals surface area contributed by atoms with Crippen LogP contribution in [0.15, 0.2) is 46.2 Å². The number of fused-ring (bicyclic) bond motifs is 1. The molecular weight excluding hydrogens is 414 g/mol.